The Labute approximate surface area is 217 Å². The number of aryl methyl sites for hydroxylation is 4. The molecule has 5 rings (SSSR count). The van der Waals surface area contributed by atoms with Crippen molar-refractivity contribution in [3.63, 3.8) is 0 Å². The average Bonchev–Trinajstić information content (AvgIpc) is 3.41. The van der Waals surface area contributed by atoms with Gasteiger partial charge in [0.2, 0.25) is 0 Å². The maximum absolute atomic E-state index is 2.63. The zero-order chi connectivity index (χ0) is 22.9. The fourth-order valence-corrected chi connectivity index (χ4v) is 12.5. The molecule has 0 aliphatic carbocycles. The van der Waals surface area contributed by atoms with Crippen LogP contribution in [0.2, 0.25) is 0 Å². The van der Waals surface area contributed by atoms with E-state index in [0.29, 0.717) is 43.5 Å². The number of fused-ring (bicyclic) bond motifs is 5. The topological polar surface area (TPSA) is 0 Å². The van der Waals surface area contributed by atoms with E-state index in [9.17, 15) is 0 Å². The number of unbranched alkanes of at least 4 members (excludes halogenated alkanes) is 6. The molecule has 174 valence electrons. The first-order chi connectivity index (χ1) is 16.1. The molecule has 3 heteroatoms. The van der Waals surface area contributed by atoms with Crippen molar-refractivity contribution in [1.82, 2.24) is 0 Å². The maximum atomic E-state index is 2.63. The van der Waals surface area contributed by atoms with Crippen molar-refractivity contribution in [2.24, 2.45) is 0 Å². The predicted octanol–water partition coefficient (Wildman–Crippen LogP) is 8.33. The van der Waals surface area contributed by atoms with Crippen LogP contribution < -0.4 is 0 Å². The van der Waals surface area contributed by atoms with E-state index in [1.54, 1.807) is 58.6 Å². The van der Waals surface area contributed by atoms with E-state index in [2.05, 4.69) is 52.0 Å². The Balaban J connectivity index is 1.55. The SMILES string of the molecule is CCCCCCc1c(C)[se]c2cc3c(cc12)[se]c1cc2c(CCCCCC)c(C)[se]c2cc13. The van der Waals surface area contributed by atoms with E-state index in [-0.39, 0.29) is 0 Å². The summed E-state index contributed by atoms with van der Waals surface area (Å²) in [5.74, 6) is 0. The third-order valence-electron chi connectivity index (χ3n) is 7.26. The third kappa shape index (κ3) is 4.80. The van der Waals surface area contributed by atoms with Gasteiger partial charge in [-0.3, -0.25) is 0 Å². The molecule has 2 aromatic carbocycles. The van der Waals surface area contributed by atoms with Gasteiger partial charge in [0.1, 0.15) is 0 Å². The Kier molecular flexibility index (Phi) is 7.78. The Hall–Kier alpha value is -0.522. The summed E-state index contributed by atoms with van der Waals surface area (Å²) in [5.41, 5.74) is 3.41. The molecule has 5 aromatic rings. The Bertz CT molecular complexity index is 1300. The average molecular weight is 633 g/mol. The molecule has 0 spiro atoms. The van der Waals surface area contributed by atoms with E-state index in [0.717, 1.165) is 0 Å². The Morgan fingerprint density at radius 3 is 1.30 bits per heavy atom. The van der Waals surface area contributed by atoms with Crippen molar-refractivity contribution in [2.45, 2.75) is 91.9 Å². The van der Waals surface area contributed by atoms with Gasteiger partial charge in [0.05, 0.1) is 0 Å². The van der Waals surface area contributed by atoms with E-state index in [1.165, 1.54) is 64.2 Å². The number of hydrogen-bond donors (Lipinski definition) is 0. The van der Waals surface area contributed by atoms with Gasteiger partial charge in [-0.1, -0.05) is 0 Å². The van der Waals surface area contributed by atoms with Crippen molar-refractivity contribution < 1.29 is 0 Å². The summed E-state index contributed by atoms with van der Waals surface area (Å²) in [6, 6.07) is 10.5. The molecule has 0 aliphatic heterocycles. The molecular weight excluding hydrogens is 597 g/mol. The zero-order valence-corrected chi connectivity index (χ0v) is 25.7. The van der Waals surface area contributed by atoms with Crippen LogP contribution in [0.15, 0.2) is 24.3 Å². The van der Waals surface area contributed by atoms with Crippen molar-refractivity contribution in [3.8, 4) is 0 Å². The van der Waals surface area contributed by atoms with E-state index >= 15 is 0 Å². The summed E-state index contributed by atoms with van der Waals surface area (Å²) < 4.78 is 9.99. The first kappa shape index (κ1) is 24.2. The quantitative estimate of drug-likeness (QED) is 0.107. The summed E-state index contributed by atoms with van der Waals surface area (Å²) in [6.45, 7) is 9.44. The van der Waals surface area contributed by atoms with Gasteiger partial charge in [0, 0.05) is 0 Å². The van der Waals surface area contributed by atoms with Crippen LogP contribution in [0.25, 0.3) is 38.6 Å². The van der Waals surface area contributed by atoms with Crippen LogP contribution >= 0.6 is 0 Å². The van der Waals surface area contributed by atoms with Crippen molar-refractivity contribution in [1.29, 1.82) is 0 Å². The fraction of sp³-hybridized carbons (Fsp3) is 0.467. The second-order valence-corrected chi connectivity index (χ2v) is 17.2. The van der Waals surface area contributed by atoms with Gasteiger partial charge in [-0.2, -0.15) is 0 Å². The van der Waals surface area contributed by atoms with Gasteiger partial charge in [-0.25, -0.2) is 0 Å². The summed E-state index contributed by atoms with van der Waals surface area (Å²) in [4.78, 5) is 0. The van der Waals surface area contributed by atoms with Gasteiger partial charge in [-0.05, 0) is 0 Å². The number of rotatable bonds is 10. The van der Waals surface area contributed by atoms with Crippen LogP contribution in [0.3, 0.4) is 0 Å². The van der Waals surface area contributed by atoms with E-state index < -0.39 is 0 Å². The van der Waals surface area contributed by atoms with Crippen LogP contribution in [-0.2, 0) is 12.8 Å². The van der Waals surface area contributed by atoms with Crippen molar-refractivity contribution in [3.05, 3.63) is 44.3 Å². The second kappa shape index (κ2) is 10.6. The summed E-state index contributed by atoms with van der Waals surface area (Å²) in [5, 5.41) is 6.42. The number of hydrogen-bond acceptors (Lipinski definition) is 0. The minimum atomic E-state index is 0.461. The fourth-order valence-electron chi connectivity index (χ4n) is 5.38. The van der Waals surface area contributed by atoms with Crippen molar-refractivity contribution >= 4 is 82.1 Å². The Morgan fingerprint density at radius 2 is 0.879 bits per heavy atom. The molecule has 0 N–H and O–H groups in total. The minimum absolute atomic E-state index is 0.461. The van der Waals surface area contributed by atoms with Crippen LogP contribution in [0, 0.1) is 13.8 Å². The molecule has 0 bridgehead atoms. The standard InChI is InChI=1S/C30H36Se3/c1-5-7-9-11-13-21-19(3)31-27-17-25-26-18-28-24(16-30(26)33-29(25)15-23(21)27)22(20(4)32-28)14-12-10-8-6-2/h15-18H,5-14H2,1-4H3. The first-order valence-corrected chi connectivity index (χ1v) is 18.0. The van der Waals surface area contributed by atoms with Crippen LogP contribution in [0.5, 0.6) is 0 Å². The molecule has 0 saturated heterocycles. The molecular formula is C30H36Se3. The molecule has 33 heavy (non-hydrogen) atoms. The second-order valence-electron chi connectivity index (χ2n) is 9.69. The van der Waals surface area contributed by atoms with Gasteiger partial charge in [0.25, 0.3) is 0 Å². The molecule has 0 radical (unpaired) electrons. The van der Waals surface area contributed by atoms with Gasteiger partial charge in [0.15, 0.2) is 0 Å². The molecule has 0 aliphatic rings. The summed E-state index contributed by atoms with van der Waals surface area (Å²) in [7, 11) is 0. The molecule has 0 nitrogen and oxygen atoms in total. The van der Waals surface area contributed by atoms with Gasteiger partial charge < -0.3 is 0 Å². The van der Waals surface area contributed by atoms with Crippen molar-refractivity contribution in [2.75, 3.05) is 0 Å². The molecule has 0 atom stereocenters. The van der Waals surface area contributed by atoms with Crippen LogP contribution in [-0.4, -0.2) is 43.5 Å². The van der Waals surface area contributed by atoms with Gasteiger partial charge in [-0.15, -0.1) is 0 Å². The molecule has 3 heterocycles. The zero-order valence-electron chi connectivity index (χ0n) is 20.6. The summed E-state index contributed by atoms with van der Waals surface area (Å²) in [6.07, 6.45) is 13.5. The monoisotopic (exact) mass is 636 g/mol. The van der Waals surface area contributed by atoms with Gasteiger partial charge >= 0.3 is 218 Å². The molecule has 0 unspecified atom stereocenters. The van der Waals surface area contributed by atoms with E-state index in [4.69, 9.17) is 0 Å². The third-order valence-corrected chi connectivity index (χ3v) is 14.3. The predicted molar refractivity (Wildman–Crippen MR) is 152 cm³/mol. The summed E-state index contributed by atoms with van der Waals surface area (Å²) >= 11 is 1.53. The van der Waals surface area contributed by atoms with Crippen LogP contribution in [0.1, 0.15) is 85.2 Å². The molecule has 0 saturated carbocycles. The molecule has 3 aromatic heterocycles. The molecule has 0 fully saturated rings. The normalized spacial score (nSPS) is 12.2. The Morgan fingerprint density at radius 1 is 0.485 bits per heavy atom. The first-order valence-electron chi connectivity index (χ1n) is 12.9. The molecule has 0 amide bonds. The van der Waals surface area contributed by atoms with Crippen LogP contribution in [0.4, 0.5) is 0 Å². The van der Waals surface area contributed by atoms with E-state index in [1.807, 2.05) is 0 Å². The number of benzene rings is 2.